The standard InChI is InChI=1S/C13H24N2O3/c1-9(2)13(11(17)18)5-6-15(8-13)10(16)7-12(3,4)14/h9H,5-8,14H2,1-4H3,(H,17,18). The Labute approximate surface area is 108 Å². The largest absolute Gasteiger partial charge is 0.481 e. The number of nitrogens with two attached hydrogens (primary N) is 1. The van der Waals surface area contributed by atoms with Crippen LogP contribution < -0.4 is 5.73 Å². The Morgan fingerprint density at radius 2 is 2.00 bits per heavy atom. The van der Waals surface area contributed by atoms with Crippen molar-refractivity contribution in [1.82, 2.24) is 4.90 Å². The smallest absolute Gasteiger partial charge is 0.311 e. The van der Waals surface area contributed by atoms with Crippen LogP contribution in [-0.2, 0) is 9.59 Å². The van der Waals surface area contributed by atoms with Gasteiger partial charge in [0.1, 0.15) is 0 Å². The number of amides is 1. The highest BCUT2D eigenvalue weighted by molar-refractivity contribution is 5.81. The van der Waals surface area contributed by atoms with Crippen LogP contribution >= 0.6 is 0 Å². The molecule has 0 saturated carbocycles. The van der Waals surface area contributed by atoms with Crippen LogP contribution in [0.25, 0.3) is 0 Å². The molecule has 5 nitrogen and oxygen atoms in total. The molecular formula is C13H24N2O3. The SMILES string of the molecule is CC(C)C1(C(=O)O)CCN(C(=O)CC(C)(C)N)C1. The molecule has 0 aliphatic carbocycles. The first-order chi connectivity index (χ1) is 8.08. The molecule has 1 fully saturated rings. The van der Waals surface area contributed by atoms with Crippen LogP contribution in [0.3, 0.4) is 0 Å². The Morgan fingerprint density at radius 1 is 1.44 bits per heavy atom. The summed E-state index contributed by atoms with van der Waals surface area (Å²) in [5.41, 5.74) is 4.48. The highest BCUT2D eigenvalue weighted by Gasteiger charge is 2.48. The number of rotatable bonds is 4. The second-order valence-electron chi connectivity index (χ2n) is 6.35. The first-order valence-electron chi connectivity index (χ1n) is 6.38. The third-order valence-corrected chi connectivity index (χ3v) is 3.79. The van der Waals surface area contributed by atoms with Crippen molar-refractivity contribution >= 4 is 11.9 Å². The zero-order valence-electron chi connectivity index (χ0n) is 11.7. The summed E-state index contributed by atoms with van der Waals surface area (Å²) in [7, 11) is 0. The summed E-state index contributed by atoms with van der Waals surface area (Å²) in [4.78, 5) is 25.1. The second kappa shape index (κ2) is 4.88. The molecule has 1 rings (SSSR count). The fraction of sp³-hybridized carbons (Fsp3) is 0.846. The number of carbonyl (C=O) groups excluding carboxylic acids is 1. The van der Waals surface area contributed by atoms with Crippen molar-refractivity contribution in [1.29, 1.82) is 0 Å². The van der Waals surface area contributed by atoms with Gasteiger partial charge in [0, 0.05) is 25.0 Å². The Bertz CT molecular complexity index is 347. The minimum absolute atomic E-state index is 0.0127. The molecule has 1 amide bonds. The summed E-state index contributed by atoms with van der Waals surface area (Å²) in [5, 5.41) is 9.40. The molecule has 1 unspecified atom stereocenters. The monoisotopic (exact) mass is 256 g/mol. The molecule has 3 N–H and O–H groups in total. The van der Waals surface area contributed by atoms with Gasteiger partial charge in [0.2, 0.25) is 5.91 Å². The molecule has 0 aromatic heterocycles. The molecule has 1 heterocycles. The fourth-order valence-corrected chi connectivity index (χ4v) is 2.44. The molecule has 0 aromatic rings. The van der Waals surface area contributed by atoms with E-state index in [9.17, 15) is 14.7 Å². The van der Waals surface area contributed by atoms with E-state index in [4.69, 9.17) is 5.73 Å². The van der Waals surface area contributed by atoms with Crippen molar-refractivity contribution in [3.63, 3.8) is 0 Å². The van der Waals surface area contributed by atoms with Crippen molar-refractivity contribution < 1.29 is 14.7 Å². The number of carboxylic acid groups (broad SMARTS) is 1. The van der Waals surface area contributed by atoms with Crippen LogP contribution in [-0.4, -0.2) is 40.5 Å². The van der Waals surface area contributed by atoms with Gasteiger partial charge in [0.15, 0.2) is 0 Å². The maximum atomic E-state index is 12.0. The van der Waals surface area contributed by atoms with Gasteiger partial charge in [-0.1, -0.05) is 13.8 Å². The minimum Gasteiger partial charge on any atom is -0.481 e. The summed E-state index contributed by atoms with van der Waals surface area (Å²) < 4.78 is 0. The first kappa shape index (κ1) is 15.0. The van der Waals surface area contributed by atoms with Gasteiger partial charge in [-0.05, 0) is 26.2 Å². The van der Waals surface area contributed by atoms with Crippen LogP contribution in [0.4, 0.5) is 0 Å². The second-order valence-corrected chi connectivity index (χ2v) is 6.35. The van der Waals surface area contributed by atoms with Gasteiger partial charge in [0.25, 0.3) is 0 Å². The molecule has 1 aliphatic rings. The number of carbonyl (C=O) groups is 2. The van der Waals surface area contributed by atoms with Gasteiger partial charge >= 0.3 is 5.97 Å². The van der Waals surface area contributed by atoms with Crippen molar-refractivity contribution in [2.24, 2.45) is 17.1 Å². The normalized spacial score (nSPS) is 24.7. The molecule has 104 valence electrons. The zero-order chi connectivity index (χ0) is 14.1. The van der Waals surface area contributed by atoms with Gasteiger partial charge in [-0.2, -0.15) is 0 Å². The van der Waals surface area contributed by atoms with E-state index in [1.807, 2.05) is 13.8 Å². The van der Waals surface area contributed by atoms with E-state index in [0.29, 0.717) is 19.5 Å². The quantitative estimate of drug-likeness (QED) is 0.788. The lowest BCUT2D eigenvalue weighted by Crippen LogP contribution is -2.43. The number of nitrogens with zero attached hydrogens (tertiary/aromatic N) is 1. The maximum absolute atomic E-state index is 12.0. The van der Waals surface area contributed by atoms with Crippen LogP contribution in [0, 0.1) is 11.3 Å². The van der Waals surface area contributed by atoms with E-state index in [0.717, 1.165) is 0 Å². The lowest BCUT2D eigenvalue weighted by Gasteiger charge is -2.29. The molecule has 18 heavy (non-hydrogen) atoms. The Balaban J connectivity index is 2.76. The van der Waals surface area contributed by atoms with Crippen molar-refractivity contribution in [3.8, 4) is 0 Å². The molecular weight excluding hydrogens is 232 g/mol. The van der Waals surface area contributed by atoms with E-state index in [1.165, 1.54) is 0 Å². The molecule has 1 aliphatic heterocycles. The summed E-state index contributed by atoms with van der Waals surface area (Å²) in [6.45, 7) is 8.21. The predicted octanol–water partition coefficient (Wildman–Crippen LogP) is 1.07. The van der Waals surface area contributed by atoms with E-state index in [-0.39, 0.29) is 18.2 Å². The third kappa shape index (κ3) is 3.02. The van der Waals surface area contributed by atoms with E-state index >= 15 is 0 Å². The number of likely N-dealkylation sites (tertiary alicyclic amines) is 1. The van der Waals surface area contributed by atoms with Gasteiger partial charge in [0.05, 0.1) is 5.41 Å². The van der Waals surface area contributed by atoms with Crippen molar-refractivity contribution in [2.45, 2.75) is 46.1 Å². The first-order valence-corrected chi connectivity index (χ1v) is 6.38. The summed E-state index contributed by atoms with van der Waals surface area (Å²) in [6.07, 6.45) is 0.775. The molecule has 1 saturated heterocycles. The Morgan fingerprint density at radius 3 is 2.33 bits per heavy atom. The molecule has 1 atom stereocenters. The lowest BCUT2D eigenvalue weighted by atomic mass is 9.76. The van der Waals surface area contributed by atoms with Crippen molar-refractivity contribution in [3.05, 3.63) is 0 Å². The predicted molar refractivity (Wildman–Crippen MR) is 69.0 cm³/mol. The summed E-state index contributed by atoms with van der Waals surface area (Å²) in [5.74, 6) is -0.843. The van der Waals surface area contributed by atoms with Gasteiger partial charge in [-0.3, -0.25) is 9.59 Å². The molecule has 0 aromatic carbocycles. The van der Waals surface area contributed by atoms with Crippen molar-refractivity contribution in [2.75, 3.05) is 13.1 Å². The van der Waals surface area contributed by atoms with E-state index in [1.54, 1.807) is 18.7 Å². The highest BCUT2D eigenvalue weighted by Crippen LogP contribution is 2.38. The average Bonchev–Trinajstić information content (AvgIpc) is 2.59. The van der Waals surface area contributed by atoms with Gasteiger partial charge in [-0.25, -0.2) is 0 Å². The third-order valence-electron chi connectivity index (χ3n) is 3.79. The van der Waals surface area contributed by atoms with E-state index in [2.05, 4.69) is 0 Å². The molecule has 5 heteroatoms. The average molecular weight is 256 g/mol. The topological polar surface area (TPSA) is 83.6 Å². The molecule has 0 bridgehead atoms. The summed E-state index contributed by atoms with van der Waals surface area (Å²) >= 11 is 0. The fourth-order valence-electron chi connectivity index (χ4n) is 2.44. The lowest BCUT2D eigenvalue weighted by molar-refractivity contribution is -0.151. The number of hydrogen-bond donors (Lipinski definition) is 2. The zero-order valence-corrected chi connectivity index (χ0v) is 11.7. The minimum atomic E-state index is -0.806. The Hall–Kier alpha value is -1.10. The van der Waals surface area contributed by atoms with Crippen LogP contribution in [0.5, 0.6) is 0 Å². The summed E-state index contributed by atoms with van der Waals surface area (Å²) in [6, 6.07) is 0. The highest BCUT2D eigenvalue weighted by atomic mass is 16.4. The van der Waals surface area contributed by atoms with Crippen LogP contribution in [0.1, 0.15) is 40.5 Å². The molecule has 0 spiro atoms. The van der Waals surface area contributed by atoms with E-state index < -0.39 is 16.9 Å². The van der Waals surface area contributed by atoms with Gasteiger partial charge < -0.3 is 15.7 Å². The maximum Gasteiger partial charge on any atom is 0.311 e. The van der Waals surface area contributed by atoms with Crippen LogP contribution in [0.2, 0.25) is 0 Å². The number of hydrogen-bond acceptors (Lipinski definition) is 3. The number of aliphatic carboxylic acids is 1. The Kier molecular flexibility index (Phi) is 4.05. The molecule has 0 radical (unpaired) electrons. The number of carboxylic acids is 1. The van der Waals surface area contributed by atoms with Crippen LogP contribution in [0.15, 0.2) is 0 Å². The van der Waals surface area contributed by atoms with Gasteiger partial charge in [-0.15, -0.1) is 0 Å².